The van der Waals surface area contributed by atoms with Crippen LogP contribution in [0.4, 0.5) is 32.0 Å². The first-order valence-corrected chi connectivity index (χ1v) is 9.94. The first-order valence-electron chi connectivity index (χ1n) is 9.94. The fourth-order valence-electron chi connectivity index (χ4n) is 3.16. The average Bonchev–Trinajstić information content (AvgIpc) is 3.54. The summed E-state index contributed by atoms with van der Waals surface area (Å²) < 4.78 is 82.6. The molecular weight excluding hydrogens is 460 g/mol. The number of carbonyl (C=O) groups is 3. The van der Waals surface area contributed by atoms with E-state index in [1.54, 1.807) is 0 Å². The van der Waals surface area contributed by atoms with Gasteiger partial charge in [0.15, 0.2) is 0 Å². The Hall–Kier alpha value is -2.99. The van der Waals surface area contributed by atoms with Gasteiger partial charge in [0, 0.05) is 6.07 Å². The Balaban J connectivity index is 1.74. The molecular formula is C20H21F6N3O4. The van der Waals surface area contributed by atoms with Crippen molar-refractivity contribution in [2.75, 3.05) is 11.9 Å². The highest BCUT2D eigenvalue weighted by Crippen LogP contribution is 2.40. The fourth-order valence-corrected chi connectivity index (χ4v) is 3.16. The van der Waals surface area contributed by atoms with Crippen molar-refractivity contribution >= 4 is 23.4 Å². The van der Waals surface area contributed by atoms with Crippen molar-refractivity contribution in [2.45, 2.75) is 50.9 Å². The van der Waals surface area contributed by atoms with Crippen LogP contribution in [-0.4, -0.2) is 48.5 Å². The van der Waals surface area contributed by atoms with Crippen molar-refractivity contribution in [1.29, 1.82) is 0 Å². The highest BCUT2D eigenvalue weighted by atomic mass is 19.4. The molecule has 1 heterocycles. The van der Waals surface area contributed by atoms with Crippen LogP contribution in [0.25, 0.3) is 0 Å². The summed E-state index contributed by atoms with van der Waals surface area (Å²) >= 11 is 0. The largest absolute Gasteiger partial charge is 0.485 e. The van der Waals surface area contributed by atoms with Gasteiger partial charge in [-0.2, -0.15) is 22.0 Å². The van der Waals surface area contributed by atoms with E-state index < -0.39 is 59.7 Å². The molecule has 1 fully saturated rings. The SMILES string of the molecule is CC(C)(C(=O)NCC(F)(F)C(F)(F)F)C(=O)N[C@@H]1C(=O)Nc2cc(F)ccc2O[C@H]1C1CC1. The molecule has 182 valence electrons. The van der Waals surface area contributed by atoms with Crippen LogP contribution in [0.5, 0.6) is 5.75 Å². The van der Waals surface area contributed by atoms with Gasteiger partial charge in [0.25, 0.3) is 5.91 Å². The number of benzene rings is 1. The summed E-state index contributed by atoms with van der Waals surface area (Å²) in [5, 5.41) is 6.20. The predicted octanol–water partition coefficient (Wildman–Crippen LogP) is 2.76. The Morgan fingerprint density at radius 1 is 1.12 bits per heavy atom. The normalized spacial score (nSPS) is 21.3. The highest BCUT2D eigenvalue weighted by molar-refractivity contribution is 6.07. The summed E-state index contributed by atoms with van der Waals surface area (Å²) in [4.78, 5) is 37.8. The number of carbonyl (C=O) groups excluding carboxylic acids is 3. The van der Waals surface area contributed by atoms with E-state index in [1.807, 2.05) is 0 Å². The molecule has 0 spiro atoms. The second kappa shape index (κ2) is 8.41. The summed E-state index contributed by atoms with van der Waals surface area (Å²) in [6.45, 7) is -0.0329. The van der Waals surface area contributed by atoms with Crippen LogP contribution in [0.2, 0.25) is 0 Å². The lowest BCUT2D eigenvalue weighted by Gasteiger charge is -2.29. The van der Waals surface area contributed by atoms with Crippen molar-refractivity contribution in [3.8, 4) is 5.75 Å². The number of halogens is 6. The van der Waals surface area contributed by atoms with Gasteiger partial charge in [0.1, 0.15) is 29.1 Å². The molecule has 3 N–H and O–H groups in total. The van der Waals surface area contributed by atoms with Crippen molar-refractivity contribution in [3.63, 3.8) is 0 Å². The maximum absolute atomic E-state index is 13.6. The van der Waals surface area contributed by atoms with Crippen LogP contribution < -0.4 is 20.7 Å². The lowest BCUT2D eigenvalue weighted by Crippen LogP contribution is -2.58. The number of nitrogens with one attached hydrogen (secondary N) is 3. The number of ether oxygens (including phenoxy) is 1. The van der Waals surface area contributed by atoms with E-state index in [0.717, 1.165) is 26.0 Å². The van der Waals surface area contributed by atoms with Crippen molar-refractivity contribution in [2.24, 2.45) is 11.3 Å². The van der Waals surface area contributed by atoms with Crippen molar-refractivity contribution in [1.82, 2.24) is 10.6 Å². The first kappa shape index (κ1) is 24.6. The lowest BCUT2D eigenvalue weighted by molar-refractivity contribution is -0.278. The van der Waals surface area contributed by atoms with Gasteiger partial charge in [-0.3, -0.25) is 14.4 Å². The van der Waals surface area contributed by atoms with E-state index in [1.165, 1.54) is 11.4 Å². The summed E-state index contributed by atoms with van der Waals surface area (Å²) in [6.07, 6.45) is -5.39. The summed E-state index contributed by atoms with van der Waals surface area (Å²) in [7, 11) is 0. The molecule has 13 heteroatoms. The molecule has 3 rings (SSSR count). The molecule has 1 aliphatic carbocycles. The van der Waals surface area contributed by atoms with E-state index in [2.05, 4.69) is 10.6 Å². The van der Waals surface area contributed by atoms with Gasteiger partial charge in [-0.1, -0.05) is 0 Å². The number of amides is 3. The van der Waals surface area contributed by atoms with Crippen LogP contribution in [0.15, 0.2) is 18.2 Å². The van der Waals surface area contributed by atoms with E-state index in [0.29, 0.717) is 12.8 Å². The molecule has 1 saturated carbocycles. The van der Waals surface area contributed by atoms with Crippen molar-refractivity contribution in [3.05, 3.63) is 24.0 Å². The molecule has 0 bridgehead atoms. The third kappa shape index (κ3) is 5.17. The van der Waals surface area contributed by atoms with E-state index in [9.17, 15) is 40.7 Å². The molecule has 2 atom stereocenters. The molecule has 0 radical (unpaired) electrons. The van der Waals surface area contributed by atoms with Crippen LogP contribution in [0.1, 0.15) is 26.7 Å². The van der Waals surface area contributed by atoms with Gasteiger partial charge >= 0.3 is 12.1 Å². The van der Waals surface area contributed by atoms with Crippen LogP contribution in [0.3, 0.4) is 0 Å². The van der Waals surface area contributed by atoms with Crippen molar-refractivity contribution < 1.29 is 45.5 Å². The number of alkyl halides is 5. The summed E-state index contributed by atoms with van der Waals surface area (Å²) in [5.41, 5.74) is -2.07. The predicted molar refractivity (Wildman–Crippen MR) is 102 cm³/mol. The van der Waals surface area contributed by atoms with E-state index >= 15 is 0 Å². The van der Waals surface area contributed by atoms with E-state index in [4.69, 9.17) is 4.74 Å². The third-order valence-electron chi connectivity index (χ3n) is 5.47. The quantitative estimate of drug-likeness (QED) is 0.430. The molecule has 1 aromatic carbocycles. The number of anilines is 1. The standard InChI is InChI=1S/C20H21F6N3O4/c1-18(2,16(31)27-8-19(22,23)20(24,25)26)17(32)29-13-14(9-3-4-9)33-12-6-5-10(21)7-11(12)28-15(13)30/h5-7,9,13-14H,3-4,8H2,1-2H3,(H,27,31)(H,28,30)(H,29,32)/t13-,14-/m0/s1. The van der Waals surface area contributed by atoms with Crippen LogP contribution >= 0.6 is 0 Å². The monoisotopic (exact) mass is 481 g/mol. The molecule has 3 amide bonds. The Morgan fingerprint density at radius 3 is 2.33 bits per heavy atom. The zero-order chi connectivity index (χ0) is 24.8. The minimum atomic E-state index is -5.88. The fraction of sp³-hybridized carbons (Fsp3) is 0.550. The van der Waals surface area contributed by atoms with Gasteiger partial charge in [-0.25, -0.2) is 4.39 Å². The highest BCUT2D eigenvalue weighted by Gasteiger charge is 2.58. The van der Waals surface area contributed by atoms with Gasteiger partial charge in [0.05, 0.1) is 12.2 Å². The Morgan fingerprint density at radius 2 is 1.76 bits per heavy atom. The van der Waals surface area contributed by atoms with E-state index in [-0.39, 0.29) is 17.4 Å². The summed E-state index contributed by atoms with van der Waals surface area (Å²) in [6, 6.07) is 2.13. The number of hydrogen-bond donors (Lipinski definition) is 3. The Labute approximate surface area is 184 Å². The molecule has 0 unspecified atom stereocenters. The van der Waals surface area contributed by atoms with Gasteiger partial charge in [-0.15, -0.1) is 0 Å². The smallest absolute Gasteiger partial charge is 0.455 e. The lowest BCUT2D eigenvalue weighted by atomic mass is 9.90. The molecule has 2 aliphatic rings. The molecule has 7 nitrogen and oxygen atoms in total. The van der Waals surface area contributed by atoms with Crippen LogP contribution in [-0.2, 0) is 14.4 Å². The Bertz CT molecular complexity index is 962. The second-order valence-electron chi connectivity index (χ2n) is 8.51. The third-order valence-corrected chi connectivity index (χ3v) is 5.47. The maximum Gasteiger partial charge on any atom is 0.455 e. The van der Waals surface area contributed by atoms with Gasteiger partial charge < -0.3 is 20.7 Å². The molecule has 0 aromatic heterocycles. The van der Waals surface area contributed by atoms with Gasteiger partial charge in [-0.05, 0) is 44.7 Å². The minimum absolute atomic E-state index is 0.0359. The summed E-state index contributed by atoms with van der Waals surface area (Å²) in [5.74, 6) is -9.04. The molecule has 0 saturated heterocycles. The zero-order valence-corrected chi connectivity index (χ0v) is 17.5. The first-order chi connectivity index (χ1) is 15.1. The number of fused-ring (bicyclic) bond motifs is 1. The zero-order valence-electron chi connectivity index (χ0n) is 17.5. The minimum Gasteiger partial charge on any atom is -0.485 e. The van der Waals surface area contributed by atoms with Gasteiger partial charge in [0.2, 0.25) is 11.8 Å². The number of hydrogen-bond acceptors (Lipinski definition) is 4. The topological polar surface area (TPSA) is 96.5 Å². The Kier molecular flexibility index (Phi) is 6.28. The van der Waals surface area contributed by atoms with Crippen LogP contribution in [0, 0.1) is 17.2 Å². The maximum atomic E-state index is 13.6. The second-order valence-corrected chi connectivity index (χ2v) is 8.51. The number of rotatable bonds is 6. The average molecular weight is 481 g/mol. The molecule has 1 aliphatic heterocycles. The molecule has 1 aromatic rings. The molecule has 33 heavy (non-hydrogen) atoms.